The third-order valence-electron chi connectivity index (χ3n) is 3.55. The lowest BCUT2D eigenvalue weighted by atomic mass is 9.98. The van der Waals surface area contributed by atoms with Gasteiger partial charge in [0, 0.05) is 12.0 Å². The Kier molecular flexibility index (Phi) is 6.37. The van der Waals surface area contributed by atoms with Crippen molar-refractivity contribution in [1.29, 1.82) is 0 Å². The molecule has 5 nitrogen and oxygen atoms in total. The minimum absolute atomic E-state index is 0.0554. The van der Waals surface area contributed by atoms with Crippen LogP contribution in [0.5, 0.6) is 5.75 Å². The molecule has 2 aromatic rings. The van der Waals surface area contributed by atoms with Crippen LogP contribution in [0.3, 0.4) is 0 Å². The van der Waals surface area contributed by atoms with Crippen LogP contribution in [0.2, 0.25) is 0 Å². The number of Topliss-reactive ketones (excluding diaryl/α,β-unsaturated/α-hetero) is 1. The number of carbonyl (C=O) groups is 2. The van der Waals surface area contributed by atoms with Gasteiger partial charge in [-0.3, -0.25) is 4.79 Å². The van der Waals surface area contributed by atoms with Gasteiger partial charge in [0.1, 0.15) is 5.75 Å². The summed E-state index contributed by atoms with van der Waals surface area (Å²) in [4.78, 5) is 24.3. The van der Waals surface area contributed by atoms with Crippen molar-refractivity contribution in [3.63, 3.8) is 0 Å². The van der Waals surface area contributed by atoms with E-state index < -0.39 is 12.1 Å². The van der Waals surface area contributed by atoms with Crippen LogP contribution in [0.4, 0.5) is 4.79 Å². The van der Waals surface area contributed by atoms with Gasteiger partial charge < -0.3 is 14.8 Å². The number of ether oxygens (including phenoxy) is 2. The normalized spacial score (nSPS) is 11.4. The number of alkyl carbamates (subject to hydrolysis) is 1. The predicted molar refractivity (Wildman–Crippen MR) is 91.3 cm³/mol. The molecule has 0 fully saturated rings. The highest BCUT2D eigenvalue weighted by Crippen LogP contribution is 2.23. The molecule has 0 saturated heterocycles. The molecule has 24 heavy (non-hydrogen) atoms. The number of ketones is 1. The molecule has 1 amide bonds. The first kappa shape index (κ1) is 17.5. The number of hydrogen-bond donors (Lipinski definition) is 1. The third kappa shape index (κ3) is 4.84. The van der Waals surface area contributed by atoms with Gasteiger partial charge >= 0.3 is 6.09 Å². The molecular formula is C19H21NO4. The molecule has 0 bridgehead atoms. The van der Waals surface area contributed by atoms with Gasteiger partial charge in [-0.15, -0.1) is 0 Å². The van der Waals surface area contributed by atoms with E-state index in [1.807, 2.05) is 36.4 Å². The molecule has 0 aliphatic heterocycles. The highest BCUT2D eigenvalue weighted by molar-refractivity contribution is 5.96. The van der Waals surface area contributed by atoms with Gasteiger partial charge in [0.25, 0.3) is 0 Å². The van der Waals surface area contributed by atoms with Crippen molar-refractivity contribution in [2.24, 2.45) is 0 Å². The summed E-state index contributed by atoms with van der Waals surface area (Å²) >= 11 is 0. The maximum atomic E-state index is 12.5. The van der Waals surface area contributed by atoms with E-state index >= 15 is 0 Å². The van der Waals surface area contributed by atoms with Crippen molar-refractivity contribution in [1.82, 2.24) is 5.32 Å². The summed E-state index contributed by atoms with van der Waals surface area (Å²) < 4.78 is 10.2. The zero-order valence-corrected chi connectivity index (χ0v) is 13.8. The highest BCUT2D eigenvalue weighted by Gasteiger charge is 2.20. The van der Waals surface area contributed by atoms with Crippen molar-refractivity contribution in [2.45, 2.75) is 19.4 Å². The van der Waals surface area contributed by atoms with Crippen LogP contribution in [0.15, 0.2) is 54.6 Å². The molecule has 0 saturated carbocycles. The standard InChI is InChI=1S/C19H21NO4/c1-3-24-19(22)20-17(15-10-7-11-16(12-15)23-2)13-18(21)14-8-5-4-6-9-14/h4-12,17H,3,13H2,1-2H3,(H,20,22). The highest BCUT2D eigenvalue weighted by atomic mass is 16.5. The zero-order chi connectivity index (χ0) is 17.4. The van der Waals surface area contributed by atoms with E-state index in [0.717, 1.165) is 5.56 Å². The summed E-state index contributed by atoms with van der Waals surface area (Å²) in [5, 5.41) is 2.75. The second kappa shape index (κ2) is 8.72. The van der Waals surface area contributed by atoms with Crippen molar-refractivity contribution >= 4 is 11.9 Å². The van der Waals surface area contributed by atoms with Crippen LogP contribution in [0.1, 0.15) is 35.3 Å². The molecule has 1 unspecified atom stereocenters. The van der Waals surface area contributed by atoms with Crippen LogP contribution in [-0.4, -0.2) is 25.6 Å². The van der Waals surface area contributed by atoms with Crippen LogP contribution in [0, 0.1) is 0 Å². The number of rotatable bonds is 7. The van der Waals surface area contributed by atoms with Gasteiger partial charge in [-0.1, -0.05) is 42.5 Å². The molecule has 0 radical (unpaired) electrons. The summed E-state index contributed by atoms with van der Waals surface area (Å²) in [7, 11) is 1.57. The summed E-state index contributed by atoms with van der Waals surface area (Å²) in [5.74, 6) is 0.607. The molecule has 1 N–H and O–H groups in total. The topological polar surface area (TPSA) is 64.6 Å². The molecule has 0 aromatic heterocycles. The third-order valence-corrected chi connectivity index (χ3v) is 3.55. The minimum atomic E-state index is -0.550. The molecule has 5 heteroatoms. The fourth-order valence-corrected chi connectivity index (χ4v) is 2.35. The predicted octanol–water partition coefficient (Wildman–Crippen LogP) is 3.76. The zero-order valence-electron chi connectivity index (χ0n) is 13.8. The maximum Gasteiger partial charge on any atom is 0.407 e. The van der Waals surface area contributed by atoms with Crippen LogP contribution < -0.4 is 10.1 Å². The molecule has 0 aliphatic carbocycles. The number of nitrogens with one attached hydrogen (secondary N) is 1. The fourth-order valence-electron chi connectivity index (χ4n) is 2.35. The number of hydrogen-bond acceptors (Lipinski definition) is 4. The second-order valence-electron chi connectivity index (χ2n) is 5.19. The molecule has 1 atom stereocenters. The van der Waals surface area contributed by atoms with Gasteiger partial charge in [0.2, 0.25) is 0 Å². The molecule has 0 spiro atoms. The Morgan fingerprint density at radius 1 is 1.08 bits per heavy atom. The smallest absolute Gasteiger partial charge is 0.407 e. The fraction of sp³-hybridized carbons (Fsp3) is 0.263. The van der Waals surface area contributed by atoms with E-state index in [2.05, 4.69) is 5.32 Å². The molecule has 0 aliphatic rings. The van der Waals surface area contributed by atoms with Crippen molar-refractivity contribution in [2.75, 3.05) is 13.7 Å². The summed E-state index contributed by atoms with van der Waals surface area (Å²) in [5.41, 5.74) is 1.39. The number of amides is 1. The van der Waals surface area contributed by atoms with Crippen LogP contribution in [-0.2, 0) is 4.74 Å². The first-order valence-corrected chi connectivity index (χ1v) is 7.79. The maximum absolute atomic E-state index is 12.5. The quantitative estimate of drug-likeness (QED) is 0.787. The van der Waals surface area contributed by atoms with E-state index in [1.165, 1.54) is 0 Å². The monoisotopic (exact) mass is 327 g/mol. The first-order chi connectivity index (χ1) is 11.6. The van der Waals surface area contributed by atoms with E-state index in [0.29, 0.717) is 11.3 Å². The van der Waals surface area contributed by atoms with Crippen molar-refractivity contribution in [3.8, 4) is 5.75 Å². The first-order valence-electron chi connectivity index (χ1n) is 7.79. The number of carbonyl (C=O) groups excluding carboxylic acids is 2. The van der Waals surface area contributed by atoms with E-state index in [4.69, 9.17) is 9.47 Å². The average Bonchev–Trinajstić information content (AvgIpc) is 2.62. The van der Waals surface area contributed by atoms with Crippen LogP contribution in [0.25, 0.3) is 0 Å². The molecular weight excluding hydrogens is 306 g/mol. The Morgan fingerprint density at radius 3 is 2.50 bits per heavy atom. The van der Waals surface area contributed by atoms with Gasteiger partial charge in [0.05, 0.1) is 19.8 Å². The molecule has 126 valence electrons. The van der Waals surface area contributed by atoms with Crippen molar-refractivity contribution in [3.05, 3.63) is 65.7 Å². The minimum Gasteiger partial charge on any atom is -0.497 e. The van der Waals surface area contributed by atoms with E-state index in [-0.39, 0.29) is 18.8 Å². The SMILES string of the molecule is CCOC(=O)NC(CC(=O)c1ccccc1)c1cccc(OC)c1. The lowest BCUT2D eigenvalue weighted by Crippen LogP contribution is -2.30. The van der Waals surface area contributed by atoms with Crippen molar-refractivity contribution < 1.29 is 19.1 Å². The van der Waals surface area contributed by atoms with Crippen LogP contribution >= 0.6 is 0 Å². The lowest BCUT2D eigenvalue weighted by Gasteiger charge is -2.19. The Morgan fingerprint density at radius 2 is 1.83 bits per heavy atom. The van der Waals surface area contributed by atoms with Gasteiger partial charge in [-0.05, 0) is 24.6 Å². The number of methoxy groups -OCH3 is 1. The lowest BCUT2D eigenvalue weighted by molar-refractivity contribution is 0.0965. The summed E-state index contributed by atoms with van der Waals surface area (Å²) in [6.07, 6.45) is -0.415. The van der Waals surface area contributed by atoms with E-state index in [1.54, 1.807) is 32.2 Å². The second-order valence-corrected chi connectivity index (χ2v) is 5.19. The Labute approximate surface area is 141 Å². The molecule has 2 aromatic carbocycles. The van der Waals surface area contributed by atoms with Gasteiger partial charge in [-0.2, -0.15) is 0 Å². The van der Waals surface area contributed by atoms with E-state index in [9.17, 15) is 9.59 Å². The summed E-state index contributed by atoms with van der Waals surface area (Å²) in [6.45, 7) is 2.00. The average molecular weight is 327 g/mol. The molecule has 0 heterocycles. The van der Waals surface area contributed by atoms with Gasteiger partial charge in [0.15, 0.2) is 5.78 Å². The Bertz CT molecular complexity index is 685. The Hall–Kier alpha value is -2.82. The summed E-state index contributed by atoms with van der Waals surface area (Å²) in [6, 6.07) is 15.8. The largest absolute Gasteiger partial charge is 0.497 e. The number of benzene rings is 2. The van der Waals surface area contributed by atoms with Gasteiger partial charge in [-0.25, -0.2) is 4.79 Å². The Balaban J connectivity index is 2.21. The molecule has 2 rings (SSSR count).